The van der Waals surface area contributed by atoms with Crippen molar-refractivity contribution in [2.24, 2.45) is 5.10 Å². The molecule has 0 aliphatic heterocycles. The lowest BCUT2D eigenvalue weighted by atomic mass is 10.0. The van der Waals surface area contributed by atoms with Gasteiger partial charge in [-0.2, -0.15) is 5.10 Å². The highest BCUT2D eigenvalue weighted by molar-refractivity contribution is 6.07. The second-order valence-corrected chi connectivity index (χ2v) is 6.91. The minimum absolute atomic E-state index is 0.289. The summed E-state index contributed by atoms with van der Waals surface area (Å²) in [6, 6.07) is 26.7. The van der Waals surface area contributed by atoms with E-state index in [9.17, 15) is 9.59 Å². The zero-order chi connectivity index (χ0) is 22.3. The number of carbonyl (C=O) groups is 2. The summed E-state index contributed by atoms with van der Waals surface area (Å²) < 4.78 is 10.5. The lowest BCUT2D eigenvalue weighted by Gasteiger charge is -2.06. The molecule has 1 N–H and O–H groups in total. The minimum atomic E-state index is -0.462. The molecule has 4 rings (SSSR count). The fourth-order valence-corrected chi connectivity index (χ4v) is 3.16. The standard InChI is InChI=1S/C26H20N2O4/c1-31-21-15-11-20(12-16-21)26(30)32-22-13-9-18(10-14-22)17-27-28-25(29)24-8-4-6-19-5-2-3-7-23(19)24/h2-17H,1H3,(H,28,29)/b27-17+. The Hall–Kier alpha value is -4.45. The van der Waals surface area contributed by atoms with Gasteiger partial charge in [0.2, 0.25) is 0 Å². The number of rotatable bonds is 6. The van der Waals surface area contributed by atoms with Crippen molar-refractivity contribution in [3.63, 3.8) is 0 Å². The van der Waals surface area contributed by atoms with Crippen molar-refractivity contribution in [2.45, 2.75) is 0 Å². The zero-order valence-electron chi connectivity index (χ0n) is 17.3. The number of esters is 1. The van der Waals surface area contributed by atoms with Crippen LogP contribution in [0.1, 0.15) is 26.3 Å². The Kier molecular flexibility index (Phi) is 6.22. The Morgan fingerprint density at radius 1 is 0.812 bits per heavy atom. The normalized spacial score (nSPS) is 10.8. The molecule has 0 aromatic heterocycles. The largest absolute Gasteiger partial charge is 0.497 e. The minimum Gasteiger partial charge on any atom is -0.497 e. The third-order valence-electron chi connectivity index (χ3n) is 4.83. The molecule has 1 amide bonds. The molecule has 0 bridgehead atoms. The summed E-state index contributed by atoms with van der Waals surface area (Å²) in [5, 5.41) is 5.89. The lowest BCUT2D eigenvalue weighted by molar-refractivity contribution is 0.0734. The third kappa shape index (κ3) is 4.82. The van der Waals surface area contributed by atoms with Crippen molar-refractivity contribution in [2.75, 3.05) is 7.11 Å². The summed E-state index contributed by atoms with van der Waals surface area (Å²) in [5.41, 5.74) is 4.28. The van der Waals surface area contributed by atoms with Crippen LogP contribution in [0.15, 0.2) is 96.1 Å². The van der Waals surface area contributed by atoms with E-state index in [0.29, 0.717) is 22.6 Å². The van der Waals surface area contributed by atoms with E-state index in [1.54, 1.807) is 61.7 Å². The maximum Gasteiger partial charge on any atom is 0.343 e. The molecule has 0 heterocycles. The molecule has 0 aliphatic carbocycles. The van der Waals surface area contributed by atoms with E-state index >= 15 is 0 Å². The number of methoxy groups -OCH3 is 1. The van der Waals surface area contributed by atoms with E-state index < -0.39 is 5.97 Å². The van der Waals surface area contributed by atoms with Crippen LogP contribution >= 0.6 is 0 Å². The first-order valence-corrected chi connectivity index (χ1v) is 9.91. The number of ether oxygens (including phenoxy) is 2. The van der Waals surface area contributed by atoms with Crippen LogP contribution in [0.4, 0.5) is 0 Å². The van der Waals surface area contributed by atoms with Crippen LogP contribution in [0.3, 0.4) is 0 Å². The van der Waals surface area contributed by atoms with Gasteiger partial charge in [-0.25, -0.2) is 10.2 Å². The zero-order valence-corrected chi connectivity index (χ0v) is 17.3. The molecule has 6 heteroatoms. The molecule has 6 nitrogen and oxygen atoms in total. The first kappa shape index (κ1) is 20.8. The molecule has 4 aromatic rings. The van der Waals surface area contributed by atoms with Gasteiger partial charge in [0.15, 0.2) is 0 Å². The van der Waals surface area contributed by atoms with Gasteiger partial charge in [0, 0.05) is 5.56 Å². The number of hydrogen-bond acceptors (Lipinski definition) is 5. The number of amides is 1. The highest BCUT2D eigenvalue weighted by atomic mass is 16.5. The fraction of sp³-hybridized carbons (Fsp3) is 0.0385. The number of benzene rings is 4. The first-order chi connectivity index (χ1) is 15.6. The van der Waals surface area contributed by atoms with Gasteiger partial charge in [-0.3, -0.25) is 4.79 Å². The van der Waals surface area contributed by atoms with Crippen molar-refractivity contribution in [1.82, 2.24) is 5.43 Å². The third-order valence-corrected chi connectivity index (χ3v) is 4.83. The Balaban J connectivity index is 1.36. The highest BCUT2D eigenvalue weighted by Crippen LogP contribution is 2.19. The molecule has 0 fully saturated rings. The monoisotopic (exact) mass is 424 g/mol. The van der Waals surface area contributed by atoms with E-state index in [1.807, 2.05) is 36.4 Å². The summed E-state index contributed by atoms with van der Waals surface area (Å²) in [6.45, 7) is 0. The molecular formula is C26H20N2O4. The Bertz CT molecular complexity index is 1270. The van der Waals surface area contributed by atoms with Gasteiger partial charge in [-0.15, -0.1) is 0 Å². The summed E-state index contributed by atoms with van der Waals surface area (Å²) in [5.74, 6) is 0.319. The quantitative estimate of drug-likeness (QED) is 0.208. The predicted molar refractivity (Wildman–Crippen MR) is 123 cm³/mol. The van der Waals surface area contributed by atoms with Gasteiger partial charge >= 0.3 is 5.97 Å². The molecule has 0 saturated heterocycles. The molecule has 32 heavy (non-hydrogen) atoms. The fourth-order valence-electron chi connectivity index (χ4n) is 3.16. The van der Waals surface area contributed by atoms with Crippen LogP contribution in [0.5, 0.6) is 11.5 Å². The maximum absolute atomic E-state index is 12.5. The molecule has 0 saturated carbocycles. The van der Waals surface area contributed by atoms with Crippen molar-refractivity contribution in [3.05, 3.63) is 108 Å². The number of hydrogen-bond donors (Lipinski definition) is 1. The maximum atomic E-state index is 12.5. The summed E-state index contributed by atoms with van der Waals surface area (Å²) in [7, 11) is 1.56. The summed E-state index contributed by atoms with van der Waals surface area (Å²) >= 11 is 0. The molecule has 0 spiro atoms. The smallest absolute Gasteiger partial charge is 0.343 e. The van der Waals surface area contributed by atoms with Crippen LogP contribution < -0.4 is 14.9 Å². The van der Waals surface area contributed by atoms with Crippen molar-refractivity contribution in [1.29, 1.82) is 0 Å². The van der Waals surface area contributed by atoms with Crippen LogP contribution in [-0.4, -0.2) is 25.2 Å². The Labute approximate surface area is 185 Å². The second-order valence-electron chi connectivity index (χ2n) is 6.91. The second kappa shape index (κ2) is 9.57. The van der Waals surface area contributed by atoms with Gasteiger partial charge in [0.25, 0.3) is 5.91 Å². The number of nitrogens with zero attached hydrogens (tertiary/aromatic N) is 1. The SMILES string of the molecule is COc1ccc(C(=O)Oc2ccc(/C=N/NC(=O)c3cccc4ccccc34)cc2)cc1. The van der Waals surface area contributed by atoms with Gasteiger partial charge in [-0.1, -0.05) is 36.4 Å². The Morgan fingerprint density at radius 3 is 2.25 bits per heavy atom. The highest BCUT2D eigenvalue weighted by Gasteiger charge is 2.09. The van der Waals surface area contributed by atoms with E-state index in [0.717, 1.165) is 16.3 Å². The molecular weight excluding hydrogens is 404 g/mol. The van der Waals surface area contributed by atoms with E-state index in [2.05, 4.69) is 10.5 Å². The average molecular weight is 424 g/mol. The number of carbonyl (C=O) groups excluding carboxylic acids is 2. The summed E-state index contributed by atoms with van der Waals surface area (Å²) in [6.07, 6.45) is 1.53. The van der Waals surface area contributed by atoms with Crippen LogP contribution in [0.2, 0.25) is 0 Å². The predicted octanol–water partition coefficient (Wildman–Crippen LogP) is 4.83. The van der Waals surface area contributed by atoms with Crippen molar-refractivity contribution >= 4 is 28.9 Å². The van der Waals surface area contributed by atoms with Crippen LogP contribution in [0, 0.1) is 0 Å². The molecule has 0 atom stereocenters. The van der Waals surface area contributed by atoms with Crippen molar-refractivity contribution < 1.29 is 19.1 Å². The molecule has 0 radical (unpaired) electrons. The van der Waals surface area contributed by atoms with E-state index in [-0.39, 0.29) is 5.91 Å². The van der Waals surface area contributed by atoms with Crippen LogP contribution in [-0.2, 0) is 0 Å². The molecule has 0 unspecified atom stereocenters. The first-order valence-electron chi connectivity index (χ1n) is 9.91. The van der Waals surface area contributed by atoms with E-state index in [1.165, 1.54) is 6.21 Å². The number of hydrazone groups is 1. The van der Waals surface area contributed by atoms with Gasteiger partial charge < -0.3 is 9.47 Å². The summed E-state index contributed by atoms with van der Waals surface area (Å²) in [4.78, 5) is 24.7. The lowest BCUT2D eigenvalue weighted by Crippen LogP contribution is -2.17. The molecule has 158 valence electrons. The van der Waals surface area contributed by atoms with E-state index in [4.69, 9.17) is 9.47 Å². The molecule has 4 aromatic carbocycles. The topological polar surface area (TPSA) is 77.0 Å². The number of nitrogens with one attached hydrogen (secondary N) is 1. The van der Waals surface area contributed by atoms with Gasteiger partial charge in [0.1, 0.15) is 11.5 Å². The van der Waals surface area contributed by atoms with Gasteiger partial charge in [-0.05, 0) is 70.9 Å². The van der Waals surface area contributed by atoms with Gasteiger partial charge in [0.05, 0.1) is 18.9 Å². The van der Waals surface area contributed by atoms with Crippen molar-refractivity contribution in [3.8, 4) is 11.5 Å². The molecule has 0 aliphatic rings. The van der Waals surface area contributed by atoms with Crippen LogP contribution in [0.25, 0.3) is 10.8 Å². The number of fused-ring (bicyclic) bond motifs is 1. The Morgan fingerprint density at radius 2 is 1.50 bits per heavy atom. The average Bonchev–Trinajstić information content (AvgIpc) is 2.84.